The lowest BCUT2D eigenvalue weighted by molar-refractivity contribution is -0.130. The van der Waals surface area contributed by atoms with Gasteiger partial charge in [-0.05, 0) is 30.2 Å². The molecule has 1 aromatic carbocycles. The van der Waals surface area contributed by atoms with E-state index in [1.807, 2.05) is 0 Å². The first kappa shape index (κ1) is 20.7. The summed E-state index contributed by atoms with van der Waals surface area (Å²) in [5, 5.41) is 5.18. The van der Waals surface area contributed by atoms with E-state index in [2.05, 4.69) is 9.80 Å². The Morgan fingerprint density at radius 2 is 1.64 bits per heavy atom. The van der Waals surface area contributed by atoms with Gasteiger partial charge in [0.15, 0.2) is 0 Å². The highest BCUT2D eigenvalue weighted by atomic mass is 32.2. The summed E-state index contributed by atoms with van der Waals surface area (Å²) < 4.78 is 23.0. The van der Waals surface area contributed by atoms with Crippen molar-refractivity contribution in [3.8, 4) is 0 Å². The second kappa shape index (κ2) is 8.16. The lowest BCUT2D eigenvalue weighted by Crippen LogP contribution is -2.51. The number of sulfonamides is 1. The number of nitrogens with zero attached hydrogens (tertiary/aromatic N) is 4. The maximum Gasteiger partial charge on any atom is 0.241 e. The molecule has 154 valence electrons. The Bertz CT molecular complexity index is 863. The molecule has 2 heterocycles. The van der Waals surface area contributed by atoms with Crippen molar-refractivity contribution in [2.75, 3.05) is 64.8 Å². The molecule has 0 aliphatic carbocycles. The average molecular weight is 410 g/mol. The van der Waals surface area contributed by atoms with Crippen molar-refractivity contribution >= 4 is 27.5 Å². The smallest absolute Gasteiger partial charge is 0.241 e. The summed E-state index contributed by atoms with van der Waals surface area (Å²) >= 11 is 0. The fraction of sp³-hybridized carbons (Fsp3) is 0.556. The number of nitrogens with two attached hydrogens (primary N) is 1. The molecule has 2 aliphatic rings. The molecule has 3 rings (SSSR count). The maximum atomic E-state index is 12.8. The number of benzene rings is 1. The molecular formula is C18H27N5O4S. The van der Waals surface area contributed by atoms with Gasteiger partial charge in [0.1, 0.15) is 0 Å². The molecule has 1 fully saturated rings. The molecule has 0 spiro atoms. The van der Waals surface area contributed by atoms with Gasteiger partial charge in [-0.2, -0.15) is 0 Å². The zero-order chi connectivity index (χ0) is 20.5. The Labute approximate surface area is 165 Å². The molecule has 0 radical (unpaired) electrons. The molecule has 9 nitrogen and oxygen atoms in total. The highest BCUT2D eigenvalue weighted by molar-refractivity contribution is 7.89. The summed E-state index contributed by atoms with van der Waals surface area (Å²) in [7, 11) is -0.253. The second-order valence-corrected chi connectivity index (χ2v) is 9.03. The standard InChI is InChI=1S/C18H27N5O4S/c1-20(2)17(24)12-21-7-9-22(10-8-21)13-18(25)23-6-5-14-11-15(28(19,26)27)3-4-16(14)23/h3-4,11H,5-10,12-13H2,1-2H3,(H2,19,26,27). The van der Waals surface area contributed by atoms with Crippen LogP contribution >= 0.6 is 0 Å². The molecule has 2 aliphatic heterocycles. The van der Waals surface area contributed by atoms with Crippen molar-refractivity contribution in [3.63, 3.8) is 0 Å². The highest BCUT2D eigenvalue weighted by Gasteiger charge is 2.28. The number of hydrogen-bond acceptors (Lipinski definition) is 6. The molecule has 1 aromatic rings. The topological polar surface area (TPSA) is 107 Å². The van der Waals surface area contributed by atoms with Gasteiger partial charge >= 0.3 is 0 Å². The number of carbonyl (C=O) groups is 2. The van der Waals surface area contributed by atoms with Crippen molar-refractivity contribution in [2.24, 2.45) is 5.14 Å². The van der Waals surface area contributed by atoms with E-state index >= 15 is 0 Å². The number of carbonyl (C=O) groups excluding carboxylic acids is 2. The molecule has 1 saturated heterocycles. The van der Waals surface area contributed by atoms with Crippen LogP contribution in [0, 0.1) is 0 Å². The van der Waals surface area contributed by atoms with Crippen molar-refractivity contribution in [2.45, 2.75) is 11.3 Å². The van der Waals surface area contributed by atoms with Crippen LogP contribution in [0.4, 0.5) is 5.69 Å². The molecule has 0 saturated carbocycles. The zero-order valence-electron chi connectivity index (χ0n) is 16.3. The Hall–Kier alpha value is -2.01. The van der Waals surface area contributed by atoms with Gasteiger partial charge in [0.25, 0.3) is 0 Å². The molecule has 28 heavy (non-hydrogen) atoms. The zero-order valence-corrected chi connectivity index (χ0v) is 17.1. The number of likely N-dealkylation sites (N-methyl/N-ethyl adjacent to an activating group) is 1. The third-order valence-corrected chi connectivity index (χ3v) is 6.17. The molecule has 0 unspecified atom stereocenters. The fourth-order valence-electron chi connectivity index (χ4n) is 3.53. The minimum absolute atomic E-state index is 0.0000708. The third-order valence-electron chi connectivity index (χ3n) is 5.26. The van der Waals surface area contributed by atoms with E-state index in [9.17, 15) is 18.0 Å². The number of piperazine rings is 1. The first-order chi connectivity index (χ1) is 13.1. The summed E-state index contributed by atoms with van der Waals surface area (Å²) in [5.41, 5.74) is 1.58. The van der Waals surface area contributed by atoms with Crippen LogP contribution in [0.2, 0.25) is 0 Å². The van der Waals surface area contributed by atoms with Gasteiger partial charge in [-0.25, -0.2) is 13.6 Å². The van der Waals surface area contributed by atoms with Crippen LogP contribution < -0.4 is 10.0 Å². The van der Waals surface area contributed by atoms with E-state index in [1.54, 1.807) is 36.0 Å². The van der Waals surface area contributed by atoms with Crippen LogP contribution in [0.5, 0.6) is 0 Å². The highest BCUT2D eigenvalue weighted by Crippen LogP contribution is 2.30. The van der Waals surface area contributed by atoms with Gasteiger partial charge in [-0.15, -0.1) is 0 Å². The predicted molar refractivity (Wildman–Crippen MR) is 105 cm³/mol. The van der Waals surface area contributed by atoms with Gasteiger partial charge < -0.3 is 9.80 Å². The summed E-state index contributed by atoms with van der Waals surface area (Å²) in [4.78, 5) is 32.1. The Morgan fingerprint density at radius 1 is 1.04 bits per heavy atom. The minimum Gasteiger partial charge on any atom is -0.348 e. The Morgan fingerprint density at radius 3 is 2.21 bits per heavy atom. The van der Waals surface area contributed by atoms with Crippen LogP contribution in [0.1, 0.15) is 5.56 Å². The molecule has 0 aromatic heterocycles. The molecule has 10 heteroatoms. The van der Waals surface area contributed by atoms with Gasteiger partial charge in [-0.1, -0.05) is 0 Å². The van der Waals surface area contributed by atoms with Crippen LogP contribution in [0.3, 0.4) is 0 Å². The van der Waals surface area contributed by atoms with E-state index in [4.69, 9.17) is 5.14 Å². The number of amides is 2. The predicted octanol–water partition coefficient (Wildman–Crippen LogP) is -1.07. The maximum absolute atomic E-state index is 12.8. The van der Waals surface area contributed by atoms with Gasteiger partial charge in [0.05, 0.1) is 18.0 Å². The Balaban J connectivity index is 1.56. The van der Waals surface area contributed by atoms with Crippen LogP contribution in [0.15, 0.2) is 23.1 Å². The lowest BCUT2D eigenvalue weighted by Gasteiger charge is -2.35. The molecule has 2 amide bonds. The summed E-state index contributed by atoms with van der Waals surface area (Å²) in [6.45, 7) is 4.23. The van der Waals surface area contributed by atoms with E-state index in [0.717, 1.165) is 37.4 Å². The van der Waals surface area contributed by atoms with Gasteiger partial charge in [0, 0.05) is 52.5 Å². The Kier molecular flexibility index (Phi) is 6.04. The summed E-state index contributed by atoms with van der Waals surface area (Å²) in [6.07, 6.45) is 0.616. The third kappa shape index (κ3) is 4.69. The van der Waals surface area contributed by atoms with E-state index in [1.165, 1.54) is 6.07 Å². The van der Waals surface area contributed by atoms with Crippen LogP contribution in [0.25, 0.3) is 0 Å². The van der Waals surface area contributed by atoms with Gasteiger partial charge in [-0.3, -0.25) is 19.4 Å². The summed E-state index contributed by atoms with van der Waals surface area (Å²) in [6, 6.07) is 4.66. The average Bonchev–Trinajstić information content (AvgIpc) is 3.05. The molecular weight excluding hydrogens is 382 g/mol. The van der Waals surface area contributed by atoms with E-state index in [-0.39, 0.29) is 16.7 Å². The van der Waals surface area contributed by atoms with Crippen LogP contribution in [-0.4, -0.2) is 94.8 Å². The largest absolute Gasteiger partial charge is 0.348 e. The first-order valence-corrected chi connectivity index (χ1v) is 10.8. The summed E-state index contributed by atoms with van der Waals surface area (Å²) in [5.74, 6) is 0.0805. The quantitative estimate of drug-likeness (QED) is 0.664. The number of rotatable bonds is 5. The number of hydrogen-bond donors (Lipinski definition) is 1. The van der Waals surface area contributed by atoms with E-state index < -0.39 is 10.0 Å². The van der Waals surface area contributed by atoms with E-state index in [0.29, 0.717) is 26.1 Å². The van der Waals surface area contributed by atoms with Crippen LogP contribution in [-0.2, 0) is 26.0 Å². The normalized spacial score (nSPS) is 18.2. The van der Waals surface area contributed by atoms with Crippen molar-refractivity contribution in [1.29, 1.82) is 0 Å². The minimum atomic E-state index is -3.75. The van der Waals surface area contributed by atoms with Crippen molar-refractivity contribution in [1.82, 2.24) is 14.7 Å². The van der Waals surface area contributed by atoms with Crippen molar-refractivity contribution in [3.05, 3.63) is 23.8 Å². The van der Waals surface area contributed by atoms with Gasteiger partial charge in [0.2, 0.25) is 21.8 Å². The second-order valence-electron chi connectivity index (χ2n) is 7.47. The molecule has 2 N–H and O–H groups in total. The molecule has 0 bridgehead atoms. The SMILES string of the molecule is CN(C)C(=O)CN1CCN(CC(=O)N2CCc3cc(S(N)(=O)=O)ccc32)CC1. The fourth-order valence-corrected chi connectivity index (χ4v) is 4.09. The lowest BCUT2D eigenvalue weighted by atomic mass is 10.2. The monoisotopic (exact) mass is 409 g/mol. The number of fused-ring (bicyclic) bond motifs is 1. The number of anilines is 1. The van der Waals surface area contributed by atoms with Crippen molar-refractivity contribution < 1.29 is 18.0 Å². The number of primary sulfonamides is 1. The first-order valence-electron chi connectivity index (χ1n) is 9.26. The molecule has 0 atom stereocenters.